The zero-order valence-electron chi connectivity index (χ0n) is 14.7. The highest BCUT2D eigenvalue weighted by Gasteiger charge is 2.21. The molecule has 1 atom stereocenters. The standard InChI is InChI=1S/C19H22FN5O/c1-2-19(26)17-11-16-13-23(8-9-24(16)22-17)12-14-10-15(20)4-5-18(14)25-7-3-6-21-25/h3-7,10-11,19,26H,2,8-9,12-13H2,1H3. The van der Waals surface area contributed by atoms with Crippen molar-refractivity contribution in [2.75, 3.05) is 6.54 Å². The first-order valence-corrected chi connectivity index (χ1v) is 8.89. The van der Waals surface area contributed by atoms with Crippen molar-refractivity contribution in [3.63, 3.8) is 0 Å². The number of fused-ring (bicyclic) bond motifs is 1. The van der Waals surface area contributed by atoms with Gasteiger partial charge in [-0.05, 0) is 42.3 Å². The van der Waals surface area contributed by atoms with Gasteiger partial charge in [0.15, 0.2) is 0 Å². The molecule has 0 aliphatic carbocycles. The first-order valence-electron chi connectivity index (χ1n) is 8.89. The van der Waals surface area contributed by atoms with Gasteiger partial charge in [0.1, 0.15) is 5.82 Å². The molecule has 1 aliphatic rings. The molecule has 3 heterocycles. The normalized spacial score (nSPS) is 15.8. The zero-order chi connectivity index (χ0) is 18.1. The summed E-state index contributed by atoms with van der Waals surface area (Å²) in [7, 11) is 0. The Hall–Kier alpha value is -2.51. The molecule has 6 nitrogen and oxygen atoms in total. The molecule has 0 spiro atoms. The van der Waals surface area contributed by atoms with E-state index in [9.17, 15) is 9.50 Å². The van der Waals surface area contributed by atoms with E-state index in [1.165, 1.54) is 6.07 Å². The first-order chi connectivity index (χ1) is 12.6. The Labute approximate surface area is 151 Å². The molecule has 0 saturated carbocycles. The van der Waals surface area contributed by atoms with Gasteiger partial charge in [0.2, 0.25) is 0 Å². The van der Waals surface area contributed by atoms with Crippen molar-refractivity contribution in [3.8, 4) is 5.69 Å². The van der Waals surface area contributed by atoms with Gasteiger partial charge in [-0.1, -0.05) is 6.92 Å². The van der Waals surface area contributed by atoms with Crippen LogP contribution in [0.1, 0.15) is 36.4 Å². The average molecular weight is 355 g/mol. The van der Waals surface area contributed by atoms with Gasteiger partial charge in [0.05, 0.1) is 29.7 Å². The molecule has 0 amide bonds. The fraction of sp³-hybridized carbons (Fsp3) is 0.368. The minimum atomic E-state index is -0.517. The lowest BCUT2D eigenvalue weighted by molar-refractivity contribution is 0.166. The average Bonchev–Trinajstić information content (AvgIpc) is 3.30. The summed E-state index contributed by atoms with van der Waals surface area (Å²) in [5.74, 6) is -0.244. The van der Waals surface area contributed by atoms with Crippen LogP contribution in [0, 0.1) is 5.82 Å². The lowest BCUT2D eigenvalue weighted by atomic mass is 10.1. The topological polar surface area (TPSA) is 59.1 Å². The number of hydrogen-bond acceptors (Lipinski definition) is 4. The van der Waals surface area contributed by atoms with E-state index in [1.807, 2.05) is 29.9 Å². The van der Waals surface area contributed by atoms with E-state index < -0.39 is 6.10 Å². The molecule has 1 unspecified atom stereocenters. The maximum absolute atomic E-state index is 13.8. The van der Waals surface area contributed by atoms with Gasteiger partial charge in [0.25, 0.3) is 0 Å². The Bertz CT molecular complexity index is 889. The van der Waals surface area contributed by atoms with Crippen LogP contribution in [0.2, 0.25) is 0 Å². The van der Waals surface area contributed by atoms with Gasteiger partial charge in [-0.2, -0.15) is 10.2 Å². The first kappa shape index (κ1) is 16.9. The number of nitrogens with zero attached hydrogens (tertiary/aromatic N) is 5. The van der Waals surface area contributed by atoms with Crippen molar-refractivity contribution >= 4 is 0 Å². The van der Waals surface area contributed by atoms with Gasteiger partial charge in [-0.3, -0.25) is 9.58 Å². The van der Waals surface area contributed by atoms with Crippen molar-refractivity contribution in [1.82, 2.24) is 24.5 Å². The molecule has 4 rings (SSSR count). The Morgan fingerprint density at radius 3 is 2.92 bits per heavy atom. The highest BCUT2D eigenvalue weighted by molar-refractivity contribution is 5.40. The van der Waals surface area contributed by atoms with Crippen molar-refractivity contribution in [3.05, 3.63) is 65.5 Å². The van der Waals surface area contributed by atoms with Gasteiger partial charge in [-0.15, -0.1) is 0 Å². The smallest absolute Gasteiger partial charge is 0.123 e. The number of halogens is 1. The van der Waals surface area contributed by atoms with Crippen LogP contribution >= 0.6 is 0 Å². The molecule has 1 aromatic carbocycles. The fourth-order valence-corrected chi connectivity index (χ4v) is 3.41. The minimum Gasteiger partial charge on any atom is -0.387 e. The number of aliphatic hydroxyl groups is 1. The van der Waals surface area contributed by atoms with Crippen LogP contribution in [0.15, 0.2) is 42.7 Å². The third kappa shape index (κ3) is 3.27. The lowest BCUT2D eigenvalue weighted by Crippen LogP contribution is -2.33. The van der Waals surface area contributed by atoms with E-state index in [0.717, 1.165) is 42.3 Å². The van der Waals surface area contributed by atoms with Crippen molar-refractivity contribution in [1.29, 1.82) is 0 Å². The second-order valence-corrected chi connectivity index (χ2v) is 6.64. The maximum atomic E-state index is 13.8. The molecule has 26 heavy (non-hydrogen) atoms. The molecule has 1 aliphatic heterocycles. The summed E-state index contributed by atoms with van der Waals surface area (Å²) >= 11 is 0. The van der Waals surface area contributed by atoms with E-state index in [1.54, 1.807) is 23.0 Å². The zero-order valence-corrected chi connectivity index (χ0v) is 14.7. The predicted molar refractivity (Wildman–Crippen MR) is 95.1 cm³/mol. The van der Waals surface area contributed by atoms with E-state index in [-0.39, 0.29) is 5.82 Å². The molecule has 136 valence electrons. The van der Waals surface area contributed by atoms with Crippen LogP contribution in [-0.4, -0.2) is 36.1 Å². The third-order valence-electron chi connectivity index (χ3n) is 4.81. The highest BCUT2D eigenvalue weighted by atomic mass is 19.1. The second kappa shape index (κ2) is 7.01. The van der Waals surface area contributed by atoms with E-state index in [0.29, 0.717) is 13.0 Å². The van der Waals surface area contributed by atoms with Gasteiger partial charge < -0.3 is 5.11 Å². The summed E-state index contributed by atoms with van der Waals surface area (Å²) in [6.45, 7) is 4.88. The summed E-state index contributed by atoms with van der Waals surface area (Å²) in [5.41, 5.74) is 3.59. The van der Waals surface area contributed by atoms with Gasteiger partial charge >= 0.3 is 0 Å². The number of hydrogen-bond donors (Lipinski definition) is 1. The lowest BCUT2D eigenvalue weighted by Gasteiger charge is -2.28. The number of benzene rings is 1. The summed E-state index contributed by atoms with van der Waals surface area (Å²) in [5, 5.41) is 18.8. The van der Waals surface area contributed by atoms with Crippen LogP contribution in [0.25, 0.3) is 5.69 Å². The van der Waals surface area contributed by atoms with E-state index in [4.69, 9.17) is 0 Å². The summed E-state index contributed by atoms with van der Waals surface area (Å²) in [4.78, 5) is 2.26. The fourth-order valence-electron chi connectivity index (χ4n) is 3.41. The Morgan fingerprint density at radius 2 is 2.15 bits per heavy atom. The molecule has 1 N–H and O–H groups in total. The molecule has 2 aromatic heterocycles. The number of aliphatic hydroxyl groups excluding tert-OH is 1. The molecule has 0 bridgehead atoms. The van der Waals surface area contributed by atoms with Crippen LogP contribution in [0.3, 0.4) is 0 Å². The van der Waals surface area contributed by atoms with Crippen LogP contribution < -0.4 is 0 Å². The Morgan fingerprint density at radius 1 is 1.27 bits per heavy atom. The monoisotopic (exact) mass is 355 g/mol. The second-order valence-electron chi connectivity index (χ2n) is 6.64. The molecule has 7 heteroatoms. The highest BCUT2D eigenvalue weighted by Crippen LogP contribution is 2.23. The molecule has 3 aromatic rings. The number of rotatable bonds is 5. The van der Waals surface area contributed by atoms with Crippen LogP contribution in [0.5, 0.6) is 0 Å². The molecule has 0 saturated heterocycles. The van der Waals surface area contributed by atoms with Gasteiger partial charge in [-0.25, -0.2) is 9.07 Å². The third-order valence-corrected chi connectivity index (χ3v) is 4.81. The molecule has 0 radical (unpaired) electrons. The maximum Gasteiger partial charge on any atom is 0.123 e. The minimum absolute atomic E-state index is 0.244. The number of aromatic nitrogens is 4. The van der Waals surface area contributed by atoms with E-state index >= 15 is 0 Å². The Kier molecular flexibility index (Phi) is 4.57. The van der Waals surface area contributed by atoms with Crippen LogP contribution in [0.4, 0.5) is 4.39 Å². The molecule has 0 fully saturated rings. The molecular formula is C19H22FN5O. The van der Waals surface area contributed by atoms with Gasteiger partial charge in [0, 0.05) is 32.0 Å². The Balaban J connectivity index is 1.56. The SMILES string of the molecule is CCC(O)c1cc2n(n1)CCN(Cc1cc(F)ccc1-n1cccn1)C2. The summed E-state index contributed by atoms with van der Waals surface area (Å²) < 4.78 is 17.5. The summed E-state index contributed by atoms with van der Waals surface area (Å²) in [6.07, 6.45) is 3.71. The van der Waals surface area contributed by atoms with Crippen molar-refractivity contribution in [2.45, 2.75) is 39.1 Å². The molecular weight excluding hydrogens is 333 g/mol. The van der Waals surface area contributed by atoms with Crippen LogP contribution in [-0.2, 0) is 19.6 Å². The summed E-state index contributed by atoms with van der Waals surface area (Å²) in [6, 6.07) is 8.63. The predicted octanol–water partition coefficient (Wildman–Crippen LogP) is 2.67. The van der Waals surface area contributed by atoms with E-state index in [2.05, 4.69) is 15.1 Å². The quantitative estimate of drug-likeness (QED) is 0.764. The largest absolute Gasteiger partial charge is 0.387 e. The van der Waals surface area contributed by atoms with Crippen molar-refractivity contribution in [2.24, 2.45) is 0 Å². The van der Waals surface area contributed by atoms with Crippen molar-refractivity contribution < 1.29 is 9.50 Å².